The highest BCUT2D eigenvalue weighted by atomic mass is 32.1. The number of hydrogen-bond donors (Lipinski definition) is 1. The van der Waals surface area contributed by atoms with E-state index in [2.05, 4.69) is 5.32 Å². The van der Waals surface area contributed by atoms with E-state index >= 15 is 0 Å². The third-order valence-electron chi connectivity index (χ3n) is 3.05. The minimum absolute atomic E-state index is 0.255. The largest absolute Gasteiger partial charge is 0.462 e. The highest BCUT2D eigenvalue weighted by Gasteiger charge is 2.23. The monoisotopic (exact) mass is 353 g/mol. The Balaban J connectivity index is 2.87. The van der Waals surface area contributed by atoms with Crippen molar-refractivity contribution in [2.75, 3.05) is 18.5 Å². The molecule has 0 spiro atoms. The van der Waals surface area contributed by atoms with Gasteiger partial charge in [-0.05, 0) is 39.7 Å². The van der Waals surface area contributed by atoms with Crippen molar-refractivity contribution in [3.8, 4) is 0 Å². The number of anilines is 1. The summed E-state index contributed by atoms with van der Waals surface area (Å²) in [6, 6.07) is 0. The standard InChI is InChI=1S/C17H23NO5S/c1-6-12-11(5)24-16(15(12)17(21)22-7-2)18-13(19)9-23-14(20)8-10(3)4/h8H,6-7,9H2,1-5H3,(H,18,19). The molecule has 132 valence electrons. The van der Waals surface area contributed by atoms with Crippen molar-refractivity contribution in [2.24, 2.45) is 0 Å². The summed E-state index contributed by atoms with van der Waals surface area (Å²) in [5.74, 6) is -1.54. The highest BCUT2D eigenvalue weighted by molar-refractivity contribution is 7.16. The fourth-order valence-electron chi connectivity index (χ4n) is 2.09. The van der Waals surface area contributed by atoms with Crippen LogP contribution < -0.4 is 5.32 Å². The van der Waals surface area contributed by atoms with E-state index in [1.807, 2.05) is 13.8 Å². The molecule has 0 aliphatic rings. The number of carbonyl (C=O) groups excluding carboxylic acids is 3. The summed E-state index contributed by atoms with van der Waals surface area (Å²) < 4.78 is 9.93. The number of carbonyl (C=O) groups is 3. The van der Waals surface area contributed by atoms with Crippen molar-refractivity contribution >= 4 is 34.2 Å². The van der Waals surface area contributed by atoms with Gasteiger partial charge in [0.15, 0.2) is 6.61 Å². The van der Waals surface area contributed by atoms with Crippen molar-refractivity contribution in [1.82, 2.24) is 0 Å². The van der Waals surface area contributed by atoms with Crippen LogP contribution in [0.2, 0.25) is 0 Å². The zero-order valence-electron chi connectivity index (χ0n) is 14.6. The third kappa shape index (κ3) is 5.49. The van der Waals surface area contributed by atoms with Crippen molar-refractivity contribution in [1.29, 1.82) is 0 Å². The number of esters is 2. The highest BCUT2D eigenvalue weighted by Crippen LogP contribution is 2.34. The van der Waals surface area contributed by atoms with Gasteiger partial charge in [-0.25, -0.2) is 9.59 Å². The van der Waals surface area contributed by atoms with E-state index in [1.54, 1.807) is 20.8 Å². The lowest BCUT2D eigenvalue weighted by molar-refractivity contribution is -0.142. The number of aryl methyl sites for hydroxylation is 1. The molecule has 0 aliphatic heterocycles. The molecule has 7 heteroatoms. The molecule has 0 fully saturated rings. The summed E-state index contributed by atoms with van der Waals surface area (Å²) in [5.41, 5.74) is 2.02. The van der Waals surface area contributed by atoms with E-state index < -0.39 is 24.5 Å². The van der Waals surface area contributed by atoms with Crippen LogP contribution in [0.4, 0.5) is 5.00 Å². The Hall–Kier alpha value is -2.15. The van der Waals surface area contributed by atoms with Crippen LogP contribution in [0.1, 0.15) is 48.5 Å². The Kier molecular flexibility index (Phi) is 7.64. The van der Waals surface area contributed by atoms with Crippen LogP contribution in [0, 0.1) is 6.92 Å². The first-order chi connectivity index (χ1) is 11.3. The molecule has 1 amide bonds. The Morgan fingerprint density at radius 1 is 1.17 bits per heavy atom. The molecule has 0 aromatic carbocycles. The molecule has 1 rings (SSSR count). The summed E-state index contributed by atoms with van der Waals surface area (Å²) in [7, 11) is 0. The molecule has 0 atom stereocenters. The molecule has 24 heavy (non-hydrogen) atoms. The molecular weight excluding hydrogens is 330 g/mol. The first-order valence-electron chi connectivity index (χ1n) is 7.70. The SMILES string of the molecule is CCOC(=O)c1c(NC(=O)COC(=O)C=C(C)C)sc(C)c1CC. The van der Waals surface area contributed by atoms with Gasteiger partial charge in [-0.1, -0.05) is 12.5 Å². The quantitative estimate of drug-likeness (QED) is 0.601. The van der Waals surface area contributed by atoms with Crippen LogP contribution in [-0.4, -0.2) is 31.1 Å². The zero-order valence-corrected chi connectivity index (χ0v) is 15.5. The molecule has 0 saturated heterocycles. The van der Waals surface area contributed by atoms with E-state index in [4.69, 9.17) is 9.47 Å². The van der Waals surface area contributed by atoms with Gasteiger partial charge in [-0.3, -0.25) is 4.79 Å². The average Bonchev–Trinajstić information content (AvgIpc) is 2.80. The second-order valence-corrected chi connectivity index (χ2v) is 6.52. The van der Waals surface area contributed by atoms with Gasteiger partial charge in [0.25, 0.3) is 5.91 Å². The molecule has 1 aromatic rings. The lowest BCUT2D eigenvalue weighted by Crippen LogP contribution is -2.21. The average molecular weight is 353 g/mol. The summed E-state index contributed by atoms with van der Waals surface area (Å²) in [6.07, 6.45) is 1.96. The minimum Gasteiger partial charge on any atom is -0.462 e. The molecule has 0 unspecified atom stereocenters. The van der Waals surface area contributed by atoms with Crippen LogP contribution in [-0.2, 0) is 25.5 Å². The number of ether oxygens (including phenoxy) is 2. The van der Waals surface area contributed by atoms with Crippen LogP contribution in [0.5, 0.6) is 0 Å². The summed E-state index contributed by atoms with van der Waals surface area (Å²) in [4.78, 5) is 36.5. The fourth-order valence-corrected chi connectivity index (χ4v) is 3.24. The first kappa shape index (κ1) is 19.9. The molecule has 0 radical (unpaired) electrons. The molecule has 1 N–H and O–H groups in total. The maximum atomic E-state index is 12.2. The van der Waals surface area contributed by atoms with Gasteiger partial charge in [-0.15, -0.1) is 11.3 Å². The molecule has 1 heterocycles. The predicted molar refractivity (Wildman–Crippen MR) is 93.4 cm³/mol. The minimum atomic E-state index is -0.577. The second-order valence-electron chi connectivity index (χ2n) is 5.29. The number of allylic oxidation sites excluding steroid dienone is 1. The van der Waals surface area contributed by atoms with Crippen LogP contribution >= 0.6 is 11.3 Å². The van der Waals surface area contributed by atoms with Gasteiger partial charge in [0, 0.05) is 11.0 Å². The molecular formula is C17H23NO5S. The van der Waals surface area contributed by atoms with Crippen LogP contribution in [0.3, 0.4) is 0 Å². The smallest absolute Gasteiger partial charge is 0.341 e. The predicted octanol–water partition coefficient (Wildman–Crippen LogP) is 3.24. The number of nitrogens with one attached hydrogen (secondary N) is 1. The maximum absolute atomic E-state index is 12.2. The van der Waals surface area contributed by atoms with Gasteiger partial charge in [0.2, 0.25) is 0 Å². The first-order valence-corrected chi connectivity index (χ1v) is 8.52. The van der Waals surface area contributed by atoms with E-state index in [0.717, 1.165) is 16.0 Å². The van der Waals surface area contributed by atoms with E-state index in [9.17, 15) is 14.4 Å². The van der Waals surface area contributed by atoms with Gasteiger partial charge in [0.05, 0.1) is 12.2 Å². The fraction of sp³-hybridized carbons (Fsp3) is 0.471. The molecule has 0 bridgehead atoms. The Morgan fingerprint density at radius 2 is 1.83 bits per heavy atom. The molecule has 0 aliphatic carbocycles. The van der Waals surface area contributed by atoms with Crippen molar-refractivity contribution < 1.29 is 23.9 Å². The molecule has 6 nitrogen and oxygen atoms in total. The lowest BCUT2D eigenvalue weighted by Gasteiger charge is -2.08. The molecule has 0 saturated carbocycles. The number of amides is 1. The summed E-state index contributed by atoms with van der Waals surface area (Å²) in [6.45, 7) is 8.90. The van der Waals surface area contributed by atoms with Crippen LogP contribution in [0.15, 0.2) is 11.6 Å². The van der Waals surface area contributed by atoms with Crippen LogP contribution in [0.25, 0.3) is 0 Å². The second kappa shape index (κ2) is 9.22. The zero-order chi connectivity index (χ0) is 18.3. The van der Waals surface area contributed by atoms with Gasteiger partial charge in [0.1, 0.15) is 5.00 Å². The van der Waals surface area contributed by atoms with E-state index in [0.29, 0.717) is 17.0 Å². The van der Waals surface area contributed by atoms with E-state index in [-0.39, 0.29) is 6.61 Å². The van der Waals surface area contributed by atoms with Crippen molar-refractivity contribution in [2.45, 2.75) is 41.0 Å². The van der Waals surface area contributed by atoms with Crippen molar-refractivity contribution in [3.05, 3.63) is 27.7 Å². The Labute approximate surface area is 145 Å². The number of rotatable bonds is 7. The van der Waals surface area contributed by atoms with Gasteiger partial charge in [-0.2, -0.15) is 0 Å². The maximum Gasteiger partial charge on any atom is 0.341 e. The molecule has 1 aromatic heterocycles. The Bertz CT molecular complexity index is 656. The number of thiophene rings is 1. The normalized spacial score (nSPS) is 10.0. The number of hydrogen-bond acceptors (Lipinski definition) is 6. The third-order valence-corrected chi connectivity index (χ3v) is 4.11. The Morgan fingerprint density at radius 3 is 2.38 bits per heavy atom. The summed E-state index contributed by atoms with van der Waals surface area (Å²) >= 11 is 1.31. The lowest BCUT2D eigenvalue weighted by atomic mass is 10.1. The van der Waals surface area contributed by atoms with Gasteiger partial charge >= 0.3 is 11.9 Å². The van der Waals surface area contributed by atoms with Crippen molar-refractivity contribution in [3.63, 3.8) is 0 Å². The summed E-state index contributed by atoms with van der Waals surface area (Å²) in [5, 5.41) is 3.06. The van der Waals surface area contributed by atoms with Gasteiger partial charge < -0.3 is 14.8 Å². The topological polar surface area (TPSA) is 81.7 Å². The van der Waals surface area contributed by atoms with E-state index in [1.165, 1.54) is 17.4 Å².